The zero-order valence-electron chi connectivity index (χ0n) is 15.3. The number of phenols is 1. The second kappa shape index (κ2) is 9.65. The summed E-state index contributed by atoms with van der Waals surface area (Å²) in [6.07, 6.45) is 1.23. The van der Waals surface area contributed by atoms with E-state index < -0.39 is 12.6 Å². The number of benzene rings is 3. The van der Waals surface area contributed by atoms with Gasteiger partial charge in [0.15, 0.2) is 12.9 Å². The largest absolute Gasteiger partial charge is 0.506 e. The van der Waals surface area contributed by atoms with E-state index in [4.69, 9.17) is 9.84 Å². The second-order valence-electron chi connectivity index (χ2n) is 5.73. The quantitative estimate of drug-likeness (QED) is 0.250. The fraction of sp³-hybridized carbons (Fsp3) is 0.0476. The average molecular weight is 390 g/mol. The maximum Gasteiger partial charge on any atom is 0.341 e. The van der Waals surface area contributed by atoms with E-state index in [0.717, 1.165) is 5.69 Å². The smallest absolute Gasteiger partial charge is 0.341 e. The Morgan fingerprint density at radius 2 is 1.66 bits per heavy atom. The van der Waals surface area contributed by atoms with Gasteiger partial charge in [0.25, 0.3) is 0 Å². The van der Waals surface area contributed by atoms with E-state index in [2.05, 4.69) is 15.3 Å². The zero-order valence-corrected chi connectivity index (χ0v) is 15.3. The molecule has 0 bridgehead atoms. The van der Waals surface area contributed by atoms with Crippen molar-refractivity contribution in [2.45, 2.75) is 0 Å². The number of azo groups is 1. The number of hydrogen-bond donors (Lipinski definition) is 2. The molecule has 0 spiro atoms. The van der Waals surface area contributed by atoms with Crippen LogP contribution in [0.2, 0.25) is 0 Å². The molecule has 0 aliphatic heterocycles. The Labute approximate surface area is 167 Å². The van der Waals surface area contributed by atoms with Gasteiger partial charge in [0, 0.05) is 0 Å². The van der Waals surface area contributed by atoms with Crippen LogP contribution in [0.1, 0.15) is 0 Å². The van der Waals surface area contributed by atoms with E-state index in [1.165, 1.54) is 11.3 Å². The van der Waals surface area contributed by atoms with Crippen molar-refractivity contribution >= 4 is 29.4 Å². The van der Waals surface area contributed by atoms with Gasteiger partial charge in [0.2, 0.25) is 0 Å². The van der Waals surface area contributed by atoms with Gasteiger partial charge in [-0.25, -0.2) is 9.80 Å². The third kappa shape index (κ3) is 5.39. The molecule has 8 nitrogen and oxygen atoms in total. The van der Waals surface area contributed by atoms with Crippen molar-refractivity contribution in [1.29, 1.82) is 0 Å². The summed E-state index contributed by atoms with van der Waals surface area (Å²) >= 11 is 0. The van der Waals surface area contributed by atoms with E-state index in [9.17, 15) is 9.90 Å². The lowest BCUT2D eigenvalue weighted by atomic mass is 10.2. The molecule has 3 aromatic rings. The van der Waals surface area contributed by atoms with Gasteiger partial charge in [-0.15, -0.1) is 10.2 Å². The van der Waals surface area contributed by atoms with Crippen molar-refractivity contribution < 1.29 is 19.7 Å². The summed E-state index contributed by atoms with van der Waals surface area (Å²) < 4.78 is 5.19. The Morgan fingerprint density at radius 3 is 2.41 bits per heavy atom. The van der Waals surface area contributed by atoms with Gasteiger partial charge in [0.05, 0.1) is 5.69 Å². The van der Waals surface area contributed by atoms with Crippen molar-refractivity contribution in [2.24, 2.45) is 15.3 Å². The number of carbonyl (C=O) groups is 1. The standard InChI is InChI=1S/C21H18N4O4/c26-19-12-6-5-11-18(19)25(16-8-2-1-3-9-16)23-15-22-24-17-10-4-7-13-20(17)29-14-21(27)28/h1-13,15,26H,14H2,(H,27,28). The Morgan fingerprint density at radius 1 is 0.966 bits per heavy atom. The molecule has 0 aliphatic rings. The molecule has 0 unspecified atom stereocenters. The maximum atomic E-state index is 10.7. The first kappa shape index (κ1) is 19.6. The summed E-state index contributed by atoms with van der Waals surface area (Å²) in [5.74, 6) is -0.718. The monoisotopic (exact) mass is 390 g/mol. The van der Waals surface area contributed by atoms with Crippen LogP contribution >= 0.6 is 0 Å². The van der Waals surface area contributed by atoms with Gasteiger partial charge in [-0.1, -0.05) is 42.5 Å². The number of hydrazone groups is 1. The van der Waals surface area contributed by atoms with Crippen LogP contribution in [0.5, 0.6) is 11.5 Å². The molecule has 3 aromatic carbocycles. The SMILES string of the molecule is O=C(O)COc1ccccc1N=NC=NN(c1ccccc1)c1ccccc1O. The van der Waals surface area contributed by atoms with Gasteiger partial charge in [-0.05, 0) is 36.4 Å². The number of carboxylic acid groups (broad SMARTS) is 1. The number of para-hydroxylation sites is 4. The van der Waals surface area contributed by atoms with Crippen LogP contribution in [0.4, 0.5) is 17.1 Å². The lowest BCUT2D eigenvalue weighted by Crippen LogP contribution is -2.09. The summed E-state index contributed by atoms with van der Waals surface area (Å²) in [6.45, 7) is -0.476. The molecular formula is C21H18N4O4. The van der Waals surface area contributed by atoms with Crippen molar-refractivity contribution in [3.05, 3.63) is 78.9 Å². The van der Waals surface area contributed by atoms with Crippen LogP contribution in [-0.4, -0.2) is 29.1 Å². The molecule has 0 aromatic heterocycles. The summed E-state index contributed by atoms with van der Waals surface area (Å²) in [5, 5.41) is 32.7. The molecule has 0 heterocycles. The Kier molecular flexibility index (Phi) is 6.51. The van der Waals surface area contributed by atoms with E-state index in [0.29, 0.717) is 17.1 Å². The molecule has 0 saturated heterocycles. The van der Waals surface area contributed by atoms with E-state index in [1.807, 2.05) is 30.3 Å². The molecule has 29 heavy (non-hydrogen) atoms. The molecular weight excluding hydrogens is 372 g/mol. The first-order valence-electron chi connectivity index (χ1n) is 8.65. The van der Waals surface area contributed by atoms with Crippen LogP contribution in [0.15, 0.2) is 94.2 Å². The number of nitrogens with zero attached hydrogens (tertiary/aromatic N) is 4. The van der Waals surface area contributed by atoms with Crippen molar-refractivity contribution in [3.63, 3.8) is 0 Å². The number of ether oxygens (including phenoxy) is 1. The van der Waals surface area contributed by atoms with Gasteiger partial charge < -0.3 is 14.9 Å². The predicted octanol–water partition coefficient (Wildman–Crippen LogP) is 4.72. The summed E-state index contributed by atoms with van der Waals surface area (Å²) in [6, 6.07) is 22.8. The summed E-state index contributed by atoms with van der Waals surface area (Å²) in [5.41, 5.74) is 1.58. The third-order valence-electron chi connectivity index (χ3n) is 3.71. The number of anilines is 2. The van der Waals surface area contributed by atoms with E-state index >= 15 is 0 Å². The van der Waals surface area contributed by atoms with E-state index in [1.54, 1.807) is 48.5 Å². The molecule has 0 fully saturated rings. The first-order valence-corrected chi connectivity index (χ1v) is 8.65. The van der Waals surface area contributed by atoms with Gasteiger partial charge in [0.1, 0.15) is 22.9 Å². The zero-order chi connectivity index (χ0) is 20.5. The lowest BCUT2D eigenvalue weighted by molar-refractivity contribution is -0.139. The number of aromatic hydroxyl groups is 1. The molecule has 3 rings (SSSR count). The van der Waals surface area contributed by atoms with Crippen LogP contribution in [0.25, 0.3) is 0 Å². The number of hydrogen-bond acceptors (Lipinski definition) is 6. The lowest BCUT2D eigenvalue weighted by Gasteiger charge is -2.19. The number of rotatable bonds is 8. The topological polar surface area (TPSA) is 107 Å². The number of phenolic OH excluding ortho intramolecular Hbond substituents is 1. The summed E-state index contributed by atoms with van der Waals surface area (Å²) in [7, 11) is 0. The molecule has 0 radical (unpaired) electrons. The van der Waals surface area contributed by atoms with Gasteiger partial charge >= 0.3 is 5.97 Å². The minimum absolute atomic E-state index is 0.0675. The Balaban J connectivity index is 1.83. The van der Waals surface area contributed by atoms with Crippen LogP contribution in [0.3, 0.4) is 0 Å². The molecule has 146 valence electrons. The highest BCUT2D eigenvalue weighted by atomic mass is 16.5. The number of aliphatic carboxylic acids is 1. The van der Waals surface area contributed by atoms with Gasteiger partial charge in [-0.2, -0.15) is 5.10 Å². The minimum Gasteiger partial charge on any atom is -0.506 e. The number of carboxylic acids is 1. The second-order valence-corrected chi connectivity index (χ2v) is 5.73. The molecule has 8 heteroatoms. The maximum absolute atomic E-state index is 10.7. The minimum atomic E-state index is -1.08. The molecule has 0 aliphatic carbocycles. The third-order valence-corrected chi connectivity index (χ3v) is 3.71. The van der Waals surface area contributed by atoms with Crippen molar-refractivity contribution in [1.82, 2.24) is 0 Å². The Hall–Kier alpha value is -4.20. The highest BCUT2D eigenvalue weighted by molar-refractivity contribution is 5.71. The van der Waals surface area contributed by atoms with Crippen molar-refractivity contribution in [2.75, 3.05) is 11.6 Å². The predicted molar refractivity (Wildman–Crippen MR) is 109 cm³/mol. The molecule has 0 atom stereocenters. The molecule has 0 saturated carbocycles. The fourth-order valence-corrected chi connectivity index (χ4v) is 2.44. The average Bonchev–Trinajstić information content (AvgIpc) is 2.74. The molecule has 2 N–H and O–H groups in total. The van der Waals surface area contributed by atoms with E-state index in [-0.39, 0.29) is 5.75 Å². The highest BCUT2D eigenvalue weighted by Crippen LogP contribution is 2.33. The fourth-order valence-electron chi connectivity index (χ4n) is 2.44. The highest BCUT2D eigenvalue weighted by Gasteiger charge is 2.11. The summed E-state index contributed by atoms with van der Waals surface area (Å²) in [4.78, 5) is 10.7. The van der Waals surface area contributed by atoms with Crippen LogP contribution in [0, 0.1) is 0 Å². The first-order chi connectivity index (χ1) is 14.1. The normalized spacial score (nSPS) is 11.0. The van der Waals surface area contributed by atoms with Crippen LogP contribution < -0.4 is 9.75 Å². The van der Waals surface area contributed by atoms with Crippen molar-refractivity contribution in [3.8, 4) is 11.5 Å². The molecule has 0 amide bonds. The van der Waals surface area contributed by atoms with Crippen LogP contribution in [-0.2, 0) is 4.79 Å². The van der Waals surface area contributed by atoms with Gasteiger partial charge in [-0.3, -0.25) is 0 Å². The Bertz CT molecular complexity index is 1020.